The van der Waals surface area contributed by atoms with E-state index in [1.165, 1.54) is 0 Å². The van der Waals surface area contributed by atoms with Crippen LogP contribution in [0.15, 0.2) is 6.07 Å². The van der Waals surface area contributed by atoms with Gasteiger partial charge in [0.1, 0.15) is 28.2 Å². The molecule has 3 aliphatic heterocycles. The Morgan fingerprint density at radius 2 is 1.91 bits per heavy atom. The van der Waals surface area contributed by atoms with Crippen LogP contribution in [0.4, 0.5) is 33.5 Å². The van der Waals surface area contributed by atoms with Gasteiger partial charge < -0.3 is 30.6 Å². The van der Waals surface area contributed by atoms with Crippen molar-refractivity contribution in [3.63, 3.8) is 0 Å². The van der Waals surface area contributed by atoms with E-state index >= 15 is 4.39 Å². The number of halogens is 5. The van der Waals surface area contributed by atoms with E-state index in [4.69, 9.17) is 19.9 Å². The highest BCUT2D eigenvalue weighted by Crippen LogP contribution is 2.48. The highest BCUT2D eigenvalue weighted by Gasteiger charge is 2.46. The molecule has 2 saturated heterocycles. The summed E-state index contributed by atoms with van der Waals surface area (Å²) in [6, 6.07) is 1.00. The van der Waals surface area contributed by atoms with Crippen molar-refractivity contribution in [2.24, 2.45) is 11.3 Å². The van der Waals surface area contributed by atoms with Crippen LogP contribution in [-0.2, 0) is 10.9 Å². The van der Waals surface area contributed by atoms with Gasteiger partial charge in [-0.25, -0.2) is 13.8 Å². The molecule has 0 amide bonds. The Hall–Kier alpha value is -3.56. The number of anilines is 2. The van der Waals surface area contributed by atoms with Crippen LogP contribution in [0.3, 0.4) is 0 Å². The van der Waals surface area contributed by atoms with E-state index in [1.807, 2.05) is 6.92 Å². The molecule has 4 aliphatic rings. The molecule has 1 aromatic carbocycles. The summed E-state index contributed by atoms with van der Waals surface area (Å²) in [5.74, 6) is -2.08. The van der Waals surface area contributed by atoms with E-state index in [-0.39, 0.29) is 58.6 Å². The minimum atomic E-state index is -5.04. The van der Waals surface area contributed by atoms with Crippen molar-refractivity contribution in [2.45, 2.75) is 64.4 Å². The summed E-state index contributed by atoms with van der Waals surface area (Å²) in [6.07, 6.45) is -2.95. The molecule has 2 aromatic heterocycles. The van der Waals surface area contributed by atoms with Crippen molar-refractivity contribution in [1.29, 1.82) is 0 Å². The Bertz CT molecular complexity index is 1700. The molecular formula is C32H38F5N7O3. The highest BCUT2D eigenvalue weighted by molar-refractivity contribution is 5.96. The number of nitrogen functional groups attached to an aromatic ring is 1. The summed E-state index contributed by atoms with van der Waals surface area (Å²) in [6.45, 7) is 9.33. The third kappa shape index (κ3) is 6.01. The zero-order valence-corrected chi connectivity index (χ0v) is 26.4. The summed E-state index contributed by atoms with van der Waals surface area (Å²) in [4.78, 5) is 15.7. The van der Waals surface area contributed by atoms with Crippen molar-refractivity contribution in [3.8, 4) is 23.1 Å². The molecular weight excluding hydrogens is 625 g/mol. The second kappa shape index (κ2) is 11.8. The van der Waals surface area contributed by atoms with Gasteiger partial charge in [-0.2, -0.15) is 23.1 Å². The largest absolute Gasteiger partial charge is 0.474 e. The molecule has 1 saturated carbocycles. The molecule has 7 rings (SSSR count). The molecule has 47 heavy (non-hydrogen) atoms. The van der Waals surface area contributed by atoms with Gasteiger partial charge in [-0.1, -0.05) is 0 Å². The number of ether oxygens (including phenoxy) is 3. The van der Waals surface area contributed by atoms with Crippen LogP contribution < -0.4 is 25.8 Å². The smallest absolute Gasteiger partial charge is 0.417 e. The number of morpholine rings is 1. The lowest BCUT2D eigenvalue weighted by Crippen LogP contribution is -2.57. The molecule has 1 aliphatic carbocycles. The second-order valence-corrected chi connectivity index (χ2v) is 13.5. The van der Waals surface area contributed by atoms with Gasteiger partial charge in [0, 0.05) is 42.7 Å². The number of hydrogen-bond acceptors (Lipinski definition) is 10. The monoisotopic (exact) mass is 663 g/mol. The van der Waals surface area contributed by atoms with Gasteiger partial charge in [0.05, 0.1) is 37.2 Å². The van der Waals surface area contributed by atoms with Crippen molar-refractivity contribution in [2.75, 3.05) is 57.1 Å². The Balaban J connectivity index is 1.34. The SMILES string of the molecule is Cc1c(F)c(N)cc(-c2nc3c4c(nc(OCC5(CN6CCOC[C@H]6C)CC5)nc4c2F)NCC2NCC2C[C@H](C)O3)c1C(F)(F)F. The second-order valence-electron chi connectivity index (χ2n) is 13.5. The van der Waals surface area contributed by atoms with E-state index in [0.29, 0.717) is 26.2 Å². The lowest BCUT2D eigenvalue weighted by atomic mass is 9.86. The van der Waals surface area contributed by atoms with Gasteiger partial charge in [0.2, 0.25) is 5.88 Å². The number of rotatable bonds is 6. The molecule has 15 heteroatoms. The van der Waals surface area contributed by atoms with Crippen LogP contribution in [0.5, 0.6) is 11.9 Å². The van der Waals surface area contributed by atoms with Gasteiger partial charge >= 0.3 is 12.2 Å². The zero-order chi connectivity index (χ0) is 33.2. The minimum absolute atomic E-state index is 0.0758. The van der Waals surface area contributed by atoms with Gasteiger partial charge in [-0.3, -0.25) is 4.90 Å². The van der Waals surface area contributed by atoms with Crippen LogP contribution >= 0.6 is 0 Å². The van der Waals surface area contributed by atoms with E-state index in [2.05, 4.69) is 37.4 Å². The first kappa shape index (κ1) is 32.0. The molecule has 10 nitrogen and oxygen atoms in total. The summed E-state index contributed by atoms with van der Waals surface area (Å²) < 4.78 is 92.4. The third-order valence-electron chi connectivity index (χ3n) is 9.95. The number of alkyl halides is 3. The van der Waals surface area contributed by atoms with Crippen molar-refractivity contribution >= 4 is 22.4 Å². The first-order chi connectivity index (χ1) is 22.3. The molecule has 0 radical (unpaired) electrons. The lowest BCUT2D eigenvalue weighted by Gasteiger charge is -2.40. The maximum atomic E-state index is 16.7. The molecule has 0 spiro atoms. The first-order valence-corrected chi connectivity index (χ1v) is 16.0. The minimum Gasteiger partial charge on any atom is -0.474 e. The number of nitrogens with one attached hydrogen (secondary N) is 2. The number of aromatic nitrogens is 3. The Labute approximate surface area is 268 Å². The summed E-state index contributed by atoms with van der Waals surface area (Å²) in [5, 5.41) is 6.72. The predicted molar refractivity (Wildman–Crippen MR) is 164 cm³/mol. The molecule has 5 heterocycles. The number of nitrogens with zero attached hydrogens (tertiary/aromatic N) is 4. The summed E-state index contributed by atoms with van der Waals surface area (Å²) >= 11 is 0. The molecule has 3 aromatic rings. The van der Waals surface area contributed by atoms with E-state index in [1.54, 1.807) is 0 Å². The maximum absolute atomic E-state index is 16.7. The zero-order valence-electron chi connectivity index (χ0n) is 26.4. The highest BCUT2D eigenvalue weighted by atomic mass is 19.4. The van der Waals surface area contributed by atoms with Gasteiger partial charge in [0.15, 0.2) is 5.82 Å². The number of fused-ring (bicyclic) bond motifs is 1. The standard InChI is InChI=1S/C32H38F5N7O3/c1-15-12-45-7-6-44(15)13-31(4-5-31)14-46-30-42-27-22-28(43-30)40-11-21-18(10-39-21)8-16(2)47-29(22)41-26(25(27)34)19-9-20(38)24(33)17(3)23(19)32(35,36)37/h9,15-16,18,21,39H,4-8,10-14,38H2,1-3H3,(H,40,42,43)/t15-,16+,18?,21?/m1/s1. The maximum Gasteiger partial charge on any atom is 0.417 e. The molecule has 3 fully saturated rings. The molecule has 254 valence electrons. The van der Waals surface area contributed by atoms with E-state index in [0.717, 1.165) is 45.5 Å². The van der Waals surface area contributed by atoms with Gasteiger partial charge in [-0.05, 0) is 64.1 Å². The van der Waals surface area contributed by atoms with Crippen molar-refractivity contribution in [1.82, 2.24) is 25.2 Å². The Morgan fingerprint density at radius 1 is 1.13 bits per heavy atom. The fraction of sp³-hybridized carbons (Fsp3) is 0.594. The van der Waals surface area contributed by atoms with Gasteiger partial charge in [-0.15, -0.1) is 0 Å². The molecule has 4 atom stereocenters. The topological polar surface area (TPSA) is 120 Å². The van der Waals surface area contributed by atoms with E-state index in [9.17, 15) is 17.6 Å². The third-order valence-corrected chi connectivity index (χ3v) is 9.95. The molecule has 2 unspecified atom stereocenters. The summed E-state index contributed by atoms with van der Waals surface area (Å²) in [5.41, 5.74) is 1.18. The predicted octanol–water partition coefficient (Wildman–Crippen LogP) is 4.93. The van der Waals surface area contributed by atoms with Crippen LogP contribution in [0.2, 0.25) is 0 Å². The van der Waals surface area contributed by atoms with Gasteiger partial charge in [0.25, 0.3) is 0 Å². The molecule has 0 bridgehead atoms. The van der Waals surface area contributed by atoms with Crippen LogP contribution in [-0.4, -0.2) is 84.0 Å². The first-order valence-electron chi connectivity index (χ1n) is 16.0. The van der Waals surface area contributed by atoms with E-state index < -0.39 is 52.0 Å². The van der Waals surface area contributed by atoms with Crippen molar-refractivity contribution < 1.29 is 36.2 Å². The van der Waals surface area contributed by atoms with Crippen LogP contribution in [0.25, 0.3) is 22.2 Å². The lowest BCUT2D eigenvalue weighted by molar-refractivity contribution is -0.137. The fourth-order valence-corrected chi connectivity index (χ4v) is 6.93. The number of benzene rings is 1. The number of pyridine rings is 1. The van der Waals surface area contributed by atoms with Crippen molar-refractivity contribution in [3.05, 3.63) is 28.8 Å². The van der Waals surface area contributed by atoms with Crippen LogP contribution in [0, 0.1) is 29.9 Å². The molecule has 4 N–H and O–H groups in total. The Morgan fingerprint density at radius 3 is 2.60 bits per heavy atom. The number of hydrogen-bond donors (Lipinski definition) is 3. The quantitative estimate of drug-likeness (QED) is 0.248. The normalized spacial score (nSPS) is 25.7. The summed E-state index contributed by atoms with van der Waals surface area (Å²) in [7, 11) is 0. The van der Waals surface area contributed by atoms with Crippen LogP contribution in [0.1, 0.15) is 44.2 Å². The fourth-order valence-electron chi connectivity index (χ4n) is 6.93. The number of nitrogens with two attached hydrogens (primary N) is 1. The average Bonchev–Trinajstić information content (AvgIpc) is 3.78. The Kier molecular flexibility index (Phi) is 8.07. The average molecular weight is 664 g/mol.